The molecule has 0 saturated heterocycles. The lowest BCUT2D eigenvalue weighted by Gasteiger charge is -2.01. The van der Waals surface area contributed by atoms with Gasteiger partial charge in [0.1, 0.15) is 12.1 Å². The van der Waals surface area contributed by atoms with Gasteiger partial charge in [0, 0.05) is 12.8 Å². The summed E-state index contributed by atoms with van der Waals surface area (Å²) in [7, 11) is 0. The molecule has 13 heteroatoms. The Labute approximate surface area is 141 Å². The number of carboxylic acids is 3. The lowest BCUT2D eigenvalue weighted by Crippen LogP contribution is -2.31. The normalized spacial score (nSPS) is 11.3. The number of hydrogen-bond donors (Lipinski definition) is 7. The van der Waals surface area contributed by atoms with Crippen LogP contribution in [0.25, 0.3) is 0 Å². The van der Waals surface area contributed by atoms with E-state index in [9.17, 15) is 19.2 Å². The van der Waals surface area contributed by atoms with Gasteiger partial charge in [0.05, 0.1) is 0 Å². The van der Waals surface area contributed by atoms with Crippen LogP contribution in [0.5, 0.6) is 0 Å². The molecule has 0 fully saturated rings. The van der Waals surface area contributed by atoms with Gasteiger partial charge in [-0.2, -0.15) is 0 Å². The molecule has 0 bridgehead atoms. The number of primary amides is 2. The highest BCUT2D eigenvalue weighted by Crippen LogP contribution is 1.93. The van der Waals surface area contributed by atoms with Crippen molar-refractivity contribution < 1.29 is 44.1 Å². The van der Waals surface area contributed by atoms with Crippen molar-refractivity contribution in [3.05, 3.63) is 0 Å². The third-order valence-corrected chi connectivity index (χ3v) is 2.14. The molecule has 0 saturated carbocycles. The third-order valence-electron chi connectivity index (χ3n) is 2.14. The average Bonchev–Trinajstić information content (AvgIpc) is 2.50. The molecule has 2 amide bonds. The highest BCUT2D eigenvalue weighted by atomic mass is 16.4. The van der Waals surface area contributed by atoms with Crippen LogP contribution in [0.15, 0.2) is 0 Å². The van der Waals surface area contributed by atoms with E-state index in [2.05, 4.69) is 0 Å². The molecule has 0 aliphatic rings. The Hall–Kier alpha value is -3.06. The molecule has 0 aromatic rings. The molecule has 0 aliphatic heterocycles. The Kier molecular flexibility index (Phi) is 17.0. The van der Waals surface area contributed by atoms with Crippen molar-refractivity contribution in [3.8, 4) is 0 Å². The van der Waals surface area contributed by atoms with Crippen LogP contribution in [-0.4, -0.2) is 63.4 Å². The molecule has 0 radical (unpaired) electrons. The van der Waals surface area contributed by atoms with Gasteiger partial charge in [-0.05, 0) is 12.8 Å². The summed E-state index contributed by atoms with van der Waals surface area (Å²) >= 11 is 0. The van der Waals surface area contributed by atoms with Crippen molar-refractivity contribution in [1.82, 2.24) is 0 Å². The maximum absolute atomic E-state index is 10.1. The molecular weight excluding hydrogens is 344 g/mol. The van der Waals surface area contributed by atoms with E-state index in [4.69, 9.17) is 47.8 Å². The summed E-state index contributed by atoms with van der Waals surface area (Å²) in [5.41, 5.74) is 19.6. The molecule has 0 aliphatic carbocycles. The molecule has 0 aromatic carbocycles. The lowest BCUT2D eigenvalue weighted by atomic mass is 10.2. The van der Waals surface area contributed by atoms with Gasteiger partial charge in [0.2, 0.25) is 18.1 Å². The van der Waals surface area contributed by atoms with Gasteiger partial charge in [-0.25, -0.2) is 4.79 Å². The monoisotopic (exact) mass is 366 g/mol. The minimum absolute atomic E-state index is 0.0213. The van der Waals surface area contributed by atoms with E-state index in [1.54, 1.807) is 0 Å². The molecule has 2 atom stereocenters. The van der Waals surface area contributed by atoms with Crippen LogP contribution in [0.1, 0.15) is 25.7 Å². The average molecular weight is 366 g/mol. The zero-order valence-corrected chi connectivity index (χ0v) is 13.2. The van der Waals surface area contributed by atoms with Crippen molar-refractivity contribution in [2.45, 2.75) is 37.8 Å². The van der Waals surface area contributed by atoms with Crippen LogP contribution in [0.4, 0.5) is 0 Å². The topological polar surface area (TPSA) is 267 Å². The molecule has 13 nitrogen and oxygen atoms in total. The smallest absolute Gasteiger partial charge is 0.368 e. The first kappa shape index (κ1) is 26.8. The number of aliphatic carboxylic acids is 3. The SMILES string of the molecule is NC(=O)CCC(N)C(=O)O.NC(=O)CC[C@H](N)C(=O)O.O=CC(=O)O. The fraction of sp³-hybridized carbons (Fsp3) is 0.500. The van der Waals surface area contributed by atoms with Crippen LogP contribution < -0.4 is 22.9 Å². The minimum Gasteiger partial charge on any atom is -0.480 e. The summed E-state index contributed by atoms with van der Waals surface area (Å²) in [5.74, 6) is -4.71. The van der Waals surface area contributed by atoms with E-state index in [0.29, 0.717) is 0 Å². The van der Waals surface area contributed by atoms with Gasteiger partial charge in [0.15, 0.2) is 0 Å². The van der Waals surface area contributed by atoms with E-state index in [1.807, 2.05) is 0 Å². The molecular formula is C12H22N4O9. The van der Waals surface area contributed by atoms with E-state index in [0.717, 1.165) is 0 Å². The summed E-state index contributed by atoms with van der Waals surface area (Å²) in [5, 5.41) is 23.8. The Balaban J connectivity index is -0.000000308. The van der Waals surface area contributed by atoms with Gasteiger partial charge < -0.3 is 38.3 Å². The molecule has 1 unspecified atom stereocenters. The summed E-state index contributed by atoms with van der Waals surface area (Å²) in [6.45, 7) is 0. The van der Waals surface area contributed by atoms with Gasteiger partial charge >= 0.3 is 17.9 Å². The fourth-order valence-corrected chi connectivity index (χ4v) is 0.842. The first-order valence-corrected chi connectivity index (χ1v) is 6.56. The van der Waals surface area contributed by atoms with Crippen molar-refractivity contribution in [2.24, 2.45) is 22.9 Å². The van der Waals surface area contributed by atoms with Gasteiger partial charge in [-0.3, -0.25) is 24.0 Å². The molecule has 0 rings (SSSR count). The Morgan fingerprint density at radius 3 is 1.12 bits per heavy atom. The molecule has 11 N–H and O–H groups in total. The first-order chi connectivity index (χ1) is 11.3. The molecule has 0 heterocycles. The summed E-state index contributed by atoms with van der Waals surface area (Å²) in [6.07, 6.45) is 0.0796. The van der Waals surface area contributed by atoms with Crippen molar-refractivity contribution in [2.75, 3.05) is 0 Å². The second-order valence-corrected chi connectivity index (χ2v) is 4.36. The zero-order valence-electron chi connectivity index (χ0n) is 13.2. The highest BCUT2D eigenvalue weighted by molar-refractivity contribution is 6.19. The summed E-state index contributed by atoms with van der Waals surface area (Å²) < 4.78 is 0. The molecule has 0 spiro atoms. The maximum atomic E-state index is 10.1. The minimum atomic E-state index is -1.43. The number of carbonyl (C=O) groups excluding carboxylic acids is 3. The number of rotatable bonds is 9. The van der Waals surface area contributed by atoms with Gasteiger partial charge in [-0.15, -0.1) is 0 Å². The first-order valence-electron chi connectivity index (χ1n) is 6.56. The van der Waals surface area contributed by atoms with E-state index >= 15 is 0 Å². The predicted molar refractivity (Wildman–Crippen MR) is 81.8 cm³/mol. The second-order valence-electron chi connectivity index (χ2n) is 4.36. The summed E-state index contributed by atoms with van der Waals surface area (Å²) in [4.78, 5) is 58.2. The van der Waals surface area contributed by atoms with Crippen molar-refractivity contribution in [1.29, 1.82) is 0 Å². The third kappa shape index (κ3) is 26.2. The number of amides is 2. The van der Waals surface area contributed by atoms with Crippen LogP contribution in [0.2, 0.25) is 0 Å². The maximum Gasteiger partial charge on any atom is 0.368 e. The number of carbonyl (C=O) groups is 6. The Bertz CT molecular complexity index is 447. The highest BCUT2D eigenvalue weighted by Gasteiger charge is 2.12. The van der Waals surface area contributed by atoms with Crippen LogP contribution in [0.3, 0.4) is 0 Å². The second kappa shape index (κ2) is 15.8. The standard InChI is InChI=1S/2C5H10N2O3.C2H2O3/c2*6-3(5(9)10)1-2-4(7)8;3-1-2(4)5/h2*3H,1-2,6H2,(H2,7,8)(H,9,10);1H,(H,4,5)/t3-;;/m0../s1. The van der Waals surface area contributed by atoms with Crippen LogP contribution >= 0.6 is 0 Å². The quantitative estimate of drug-likeness (QED) is 0.156. The van der Waals surface area contributed by atoms with Crippen molar-refractivity contribution >= 4 is 36.0 Å². The number of aldehydes is 1. The van der Waals surface area contributed by atoms with E-state index < -0.39 is 41.8 Å². The van der Waals surface area contributed by atoms with Crippen LogP contribution in [0, 0.1) is 0 Å². The van der Waals surface area contributed by atoms with E-state index in [1.165, 1.54) is 0 Å². The number of nitrogens with two attached hydrogens (primary N) is 4. The van der Waals surface area contributed by atoms with Crippen molar-refractivity contribution in [3.63, 3.8) is 0 Å². The van der Waals surface area contributed by atoms with Gasteiger partial charge in [-0.1, -0.05) is 0 Å². The predicted octanol–water partition coefficient (Wildman–Crippen LogP) is -3.40. The number of carboxylic acid groups (broad SMARTS) is 3. The molecule has 0 aromatic heterocycles. The molecule has 144 valence electrons. The zero-order chi connectivity index (χ0) is 20.6. The summed E-state index contributed by atoms with van der Waals surface area (Å²) in [6, 6.07) is -1.96. The Morgan fingerprint density at radius 2 is 1.00 bits per heavy atom. The Morgan fingerprint density at radius 1 is 0.760 bits per heavy atom. The largest absolute Gasteiger partial charge is 0.480 e. The lowest BCUT2D eigenvalue weighted by molar-refractivity contribution is -0.143. The fourth-order valence-electron chi connectivity index (χ4n) is 0.842. The molecule has 25 heavy (non-hydrogen) atoms. The van der Waals surface area contributed by atoms with Gasteiger partial charge in [0.25, 0.3) is 0 Å². The van der Waals surface area contributed by atoms with E-state index in [-0.39, 0.29) is 32.0 Å². The number of hydrogen-bond acceptors (Lipinski definition) is 8. The van der Waals surface area contributed by atoms with Crippen LogP contribution in [-0.2, 0) is 28.8 Å².